The van der Waals surface area contributed by atoms with E-state index < -0.39 is 11.9 Å². The lowest BCUT2D eigenvalue weighted by Crippen LogP contribution is -2.07. The van der Waals surface area contributed by atoms with Gasteiger partial charge < -0.3 is 5.32 Å². The maximum Gasteiger partial charge on any atom is 0.435 e. The van der Waals surface area contributed by atoms with Crippen LogP contribution in [0.2, 0.25) is 0 Å². The van der Waals surface area contributed by atoms with E-state index in [1.54, 1.807) is 37.4 Å². The smallest absolute Gasteiger partial charge is 0.388 e. The minimum absolute atomic E-state index is 0.402. The summed E-state index contributed by atoms with van der Waals surface area (Å²) in [6, 6.07) is 15.4. The van der Waals surface area contributed by atoms with E-state index >= 15 is 0 Å². The lowest BCUT2D eigenvalue weighted by Gasteiger charge is -2.10. The number of anilines is 1. The minimum Gasteiger partial charge on any atom is -0.388 e. The van der Waals surface area contributed by atoms with Crippen LogP contribution in [0.4, 0.5) is 18.9 Å². The van der Waals surface area contributed by atoms with Gasteiger partial charge in [0, 0.05) is 18.3 Å². The first-order valence-corrected chi connectivity index (χ1v) is 7.41. The summed E-state index contributed by atoms with van der Waals surface area (Å²) in [5.41, 5.74) is 2.64. The van der Waals surface area contributed by atoms with Crippen molar-refractivity contribution in [3.8, 4) is 16.9 Å². The van der Waals surface area contributed by atoms with Gasteiger partial charge in [-0.1, -0.05) is 24.3 Å². The van der Waals surface area contributed by atoms with Gasteiger partial charge in [0.2, 0.25) is 0 Å². The highest BCUT2D eigenvalue weighted by atomic mass is 19.4. The second-order valence-electron chi connectivity index (χ2n) is 5.44. The largest absolute Gasteiger partial charge is 0.435 e. The predicted molar refractivity (Wildman–Crippen MR) is 88.3 cm³/mol. The Labute approximate surface area is 137 Å². The van der Waals surface area contributed by atoms with Crippen molar-refractivity contribution in [2.45, 2.75) is 13.1 Å². The van der Waals surface area contributed by atoms with Crippen LogP contribution in [-0.2, 0) is 6.18 Å². The number of nitrogens with zero attached hydrogens (tertiary/aromatic N) is 2. The normalized spacial score (nSPS) is 11.5. The Morgan fingerprint density at radius 3 is 2.29 bits per heavy atom. The van der Waals surface area contributed by atoms with E-state index in [1.807, 2.05) is 25.1 Å². The highest BCUT2D eigenvalue weighted by Gasteiger charge is 2.35. The molecule has 0 atom stereocenters. The number of hydrogen-bond acceptors (Lipinski definition) is 2. The molecule has 0 bridgehead atoms. The molecule has 0 spiro atoms. The van der Waals surface area contributed by atoms with Crippen molar-refractivity contribution < 1.29 is 13.2 Å². The van der Waals surface area contributed by atoms with Crippen LogP contribution in [0.3, 0.4) is 0 Å². The van der Waals surface area contributed by atoms with Gasteiger partial charge in [0.1, 0.15) is 0 Å². The zero-order valence-electron chi connectivity index (χ0n) is 13.2. The molecule has 6 heteroatoms. The van der Waals surface area contributed by atoms with E-state index in [0.717, 1.165) is 17.3 Å². The number of nitrogens with one attached hydrogen (secondary N) is 1. The third-order valence-electron chi connectivity index (χ3n) is 3.79. The monoisotopic (exact) mass is 331 g/mol. The van der Waals surface area contributed by atoms with Crippen LogP contribution in [0.15, 0.2) is 54.6 Å². The van der Waals surface area contributed by atoms with Crippen LogP contribution >= 0.6 is 0 Å². The van der Waals surface area contributed by atoms with E-state index in [-0.39, 0.29) is 0 Å². The summed E-state index contributed by atoms with van der Waals surface area (Å²) in [6.07, 6.45) is -4.49. The topological polar surface area (TPSA) is 29.9 Å². The van der Waals surface area contributed by atoms with Crippen molar-refractivity contribution in [1.82, 2.24) is 9.78 Å². The molecule has 124 valence electrons. The summed E-state index contributed by atoms with van der Waals surface area (Å²) in [5.74, 6) is 0. The average Bonchev–Trinajstić information content (AvgIpc) is 3.01. The molecular formula is C18H16F3N3. The molecule has 0 amide bonds. The van der Waals surface area contributed by atoms with Gasteiger partial charge in [-0.2, -0.15) is 18.3 Å². The highest BCUT2D eigenvalue weighted by molar-refractivity contribution is 5.68. The second kappa shape index (κ2) is 6.03. The van der Waals surface area contributed by atoms with E-state index in [4.69, 9.17) is 0 Å². The molecular weight excluding hydrogens is 315 g/mol. The van der Waals surface area contributed by atoms with Gasteiger partial charge in [-0.3, -0.25) is 0 Å². The highest BCUT2D eigenvalue weighted by Crippen LogP contribution is 2.34. The minimum atomic E-state index is -4.49. The Kier molecular flexibility index (Phi) is 4.05. The number of para-hydroxylation sites is 1. The molecule has 24 heavy (non-hydrogen) atoms. The molecule has 3 rings (SSSR count). The number of benzene rings is 2. The molecule has 1 N–H and O–H groups in total. The molecule has 3 aromatic rings. The van der Waals surface area contributed by atoms with Crippen molar-refractivity contribution in [2.24, 2.45) is 0 Å². The summed E-state index contributed by atoms with van der Waals surface area (Å²) in [7, 11) is 1.80. The first-order chi connectivity index (χ1) is 11.4. The third kappa shape index (κ3) is 2.99. The predicted octanol–water partition coefficient (Wildman–Crippen LogP) is 4.91. The van der Waals surface area contributed by atoms with Crippen LogP contribution in [0.25, 0.3) is 16.9 Å². The van der Waals surface area contributed by atoms with Crippen molar-refractivity contribution in [1.29, 1.82) is 0 Å². The number of hydrogen-bond donors (Lipinski definition) is 1. The molecule has 0 aliphatic heterocycles. The van der Waals surface area contributed by atoms with Crippen molar-refractivity contribution in [3.63, 3.8) is 0 Å². The molecule has 3 nitrogen and oxygen atoms in total. The number of aromatic nitrogens is 2. The standard InChI is InChI=1S/C18H16F3N3/c1-12-10-13(8-9-15(12)22-2)16-11-17(18(19,20)21)23-24(16)14-6-4-3-5-7-14/h3-11,22H,1-2H3. The van der Waals surface area contributed by atoms with Gasteiger partial charge in [-0.05, 0) is 42.8 Å². The molecule has 1 aromatic heterocycles. The lowest BCUT2D eigenvalue weighted by molar-refractivity contribution is -0.141. The molecule has 1 heterocycles. The Hall–Kier alpha value is -2.76. The third-order valence-corrected chi connectivity index (χ3v) is 3.79. The number of rotatable bonds is 3. The van der Waals surface area contributed by atoms with Crippen molar-refractivity contribution >= 4 is 5.69 Å². The number of aryl methyl sites for hydroxylation is 1. The summed E-state index contributed by atoms with van der Waals surface area (Å²) < 4.78 is 40.7. The SMILES string of the molecule is CNc1ccc(-c2cc(C(F)(F)F)nn2-c2ccccc2)cc1C. The maximum absolute atomic E-state index is 13.1. The van der Waals surface area contributed by atoms with Crippen LogP contribution in [0.1, 0.15) is 11.3 Å². The van der Waals surface area contributed by atoms with Crippen molar-refractivity contribution in [3.05, 3.63) is 65.9 Å². The van der Waals surface area contributed by atoms with E-state index in [0.29, 0.717) is 16.9 Å². The number of halogens is 3. The maximum atomic E-state index is 13.1. The Morgan fingerprint density at radius 2 is 1.71 bits per heavy atom. The summed E-state index contributed by atoms with van der Waals surface area (Å²) >= 11 is 0. The average molecular weight is 331 g/mol. The first kappa shape index (κ1) is 16.1. The van der Waals surface area contributed by atoms with Gasteiger partial charge >= 0.3 is 6.18 Å². The Bertz CT molecular complexity index is 852. The fourth-order valence-corrected chi connectivity index (χ4v) is 2.59. The van der Waals surface area contributed by atoms with Crippen molar-refractivity contribution in [2.75, 3.05) is 12.4 Å². The second-order valence-corrected chi connectivity index (χ2v) is 5.44. The van der Waals surface area contributed by atoms with Crippen LogP contribution in [0.5, 0.6) is 0 Å². The van der Waals surface area contributed by atoms with Crippen LogP contribution < -0.4 is 5.32 Å². The summed E-state index contributed by atoms with van der Waals surface area (Å²) in [4.78, 5) is 0. The molecule has 0 aliphatic rings. The van der Waals surface area contributed by atoms with Gasteiger partial charge in [-0.25, -0.2) is 4.68 Å². The molecule has 0 radical (unpaired) electrons. The zero-order chi connectivity index (χ0) is 17.3. The zero-order valence-corrected chi connectivity index (χ0v) is 13.2. The van der Waals surface area contributed by atoms with Gasteiger partial charge in [0.15, 0.2) is 5.69 Å². The first-order valence-electron chi connectivity index (χ1n) is 7.41. The van der Waals surface area contributed by atoms with E-state index in [2.05, 4.69) is 10.4 Å². The molecule has 2 aromatic carbocycles. The lowest BCUT2D eigenvalue weighted by atomic mass is 10.1. The fraction of sp³-hybridized carbons (Fsp3) is 0.167. The quantitative estimate of drug-likeness (QED) is 0.739. The van der Waals surface area contributed by atoms with E-state index in [9.17, 15) is 13.2 Å². The summed E-state index contributed by atoms with van der Waals surface area (Å²) in [6.45, 7) is 1.91. The van der Waals surface area contributed by atoms with E-state index in [1.165, 1.54) is 4.68 Å². The molecule has 0 saturated heterocycles. The van der Waals surface area contributed by atoms with Gasteiger partial charge in [0.25, 0.3) is 0 Å². The van der Waals surface area contributed by atoms with Crippen LogP contribution in [0, 0.1) is 6.92 Å². The molecule has 0 fully saturated rings. The Morgan fingerprint density at radius 1 is 1.00 bits per heavy atom. The Balaban J connectivity index is 2.19. The van der Waals surface area contributed by atoms with Gasteiger partial charge in [-0.15, -0.1) is 0 Å². The van der Waals surface area contributed by atoms with Crippen LogP contribution in [-0.4, -0.2) is 16.8 Å². The fourth-order valence-electron chi connectivity index (χ4n) is 2.59. The molecule has 0 saturated carbocycles. The number of alkyl halides is 3. The van der Waals surface area contributed by atoms with Gasteiger partial charge in [0.05, 0.1) is 11.4 Å². The summed E-state index contributed by atoms with van der Waals surface area (Å²) in [5, 5.41) is 6.82. The molecule has 0 aliphatic carbocycles. The molecule has 0 unspecified atom stereocenters.